The summed E-state index contributed by atoms with van der Waals surface area (Å²) in [6, 6.07) is 0. The van der Waals surface area contributed by atoms with Crippen LogP contribution in [-0.2, 0) is 19.1 Å². The van der Waals surface area contributed by atoms with Crippen molar-refractivity contribution in [3.63, 3.8) is 0 Å². The van der Waals surface area contributed by atoms with Gasteiger partial charge in [0.25, 0.3) is 0 Å². The molecule has 1 amide bonds. The molecule has 0 aromatic carbocycles. The maximum Gasteiger partial charge on any atom is 0.408 e. The van der Waals surface area contributed by atoms with Gasteiger partial charge >= 0.3 is 12.1 Å². The number of esters is 1. The molecule has 43 heavy (non-hydrogen) atoms. The third-order valence-corrected chi connectivity index (χ3v) is 14.5. The summed E-state index contributed by atoms with van der Waals surface area (Å²) in [6.45, 7) is 20.2. The van der Waals surface area contributed by atoms with Crippen molar-refractivity contribution in [1.29, 1.82) is 0 Å². The van der Waals surface area contributed by atoms with Gasteiger partial charge in [-0.05, 0) is 117 Å². The molecule has 0 aliphatic heterocycles. The second-order valence-corrected chi connectivity index (χ2v) is 17.3. The van der Waals surface area contributed by atoms with Crippen LogP contribution in [0.4, 0.5) is 4.79 Å². The Balaban J connectivity index is 1.37. The number of Topliss-reactive ketones (excluding diaryl/α,β-unsaturated/α-hetero) is 1. The SMILES string of the molecule is CC(=O)O[C@H]1CC[C@@]2(C)C(CC[C@]3(C)C2CCC2=C4C(C(C)C)C(=O)C[C@]4(NC(=O)OC(C)C4CC4)CC[C@]23C)C1(C)C. The normalized spacial score (nSPS) is 44.1. The first-order chi connectivity index (χ1) is 20.0. The van der Waals surface area contributed by atoms with Crippen LogP contribution in [0.3, 0.4) is 0 Å². The fourth-order valence-electron chi connectivity index (χ4n) is 12.1. The average molecular weight is 596 g/mol. The molecular formula is C37H57NO5. The Labute approximate surface area is 259 Å². The van der Waals surface area contributed by atoms with E-state index in [1.165, 1.54) is 11.1 Å². The van der Waals surface area contributed by atoms with Gasteiger partial charge in [0.05, 0.1) is 5.54 Å². The van der Waals surface area contributed by atoms with Crippen molar-refractivity contribution >= 4 is 17.8 Å². The van der Waals surface area contributed by atoms with E-state index in [0.717, 1.165) is 64.2 Å². The summed E-state index contributed by atoms with van der Waals surface area (Å²) in [7, 11) is 0. The molecule has 6 aliphatic carbocycles. The lowest BCUT2D eigenvalue weighted by Gasteiger charge is -2.70. The summed E-state index contributed by atoms with van der Waals surface area (Å²) in [5.41, 5.74) is 2.30. The topological polar surface area (TPSA) is 81.7 Å². The zero-order chi connectivity index (χ0) is 31.3. The van der Waals surface area contributed by atoms with Gasteiger partial charge in [-0.15, -0.1) is 0 Å². The molecule has 5 saturated carbocycles. The van der Waals surface area contributed by atoms with Gasteiger partial charge in [0.15, 0.2) is 0 Å². The molecule has 240 valence electrons. The molecule has 0 heterocycles. The highest BCUT2D eigenvalue weighted by molar-refractivity contribution is 5.92. The second-order valence-electron chi connectivity index (χ2n) is 17.3. The van der Waals surface area contributed by atoms with Gasteiger partial charge in [-0.2, -0.15) is 0 Å². The Kier molecular flexibility index (Phi) is 7.30. The maximum absolute atomic E-state index is 13.8. The molecule has 4 unspecified atom stereocenters. The summed E-state index contributed by atoms with van der Waals surface area (Å²) in [5.74, 6) is 1.71. The van der Waals surface area contributed by atoms with E-state index in [4.69, 9.17) is 9.47 Å². The molecule has 0 aromatic rings. The zero-order valence-corrected chi connectivity index (χ0v) is 28.4. The number of allylic oxidation sites excluding steroid dienone is 1. The number of fused-ring (bicyclic) bond motifs is 6. The van der Waals surface area contributed by atoms with E-state index < -0.39 is 5.54 Å². The van der Waals surface area contributed by atoms with Crippen molar-refractivity contribution in [3.8, 4) is 0 Å². The standard InChI is InChI=1S/C37H57NO5/c1-21(2)30-26(40)20-37(38-32(41)42-22(3)24-10-11-24)19-18-35(8)25(31(30)37)12-13-28-34(7)16-15-29(43-23(4)39)33(5,6)27(34)14-17-36(28,35)9/h21-22,24,27-30H,10-20H2,1-9H3,(H,38,41)/t22?,27?,28?,29-,30?,34-,35+,36+,37+/m0/s1. The first-order valence-electron chi connectivity index (χ1n) is 17.4. The minimum absolute atomic E-state index is 0.0236. The Bertz CT molecular complexity index is 1230. The van der Waals surface area contributed by atoms with Crippen LogP contribution >= 0.6 is 0 Å². The van der Waals surface area contributed by atoms with Crippen LogP contribution in [0.25, 0.3) is 0 Å². The minimum atomic E-state index is -0.615. The summed E-state index contributed by atoms with van der Waals surface area (Å²) >= 11 is 0. The average Bonchev–Trinajstić information content (AvgIpc) is 3.69. The fourth-order valence-corrected chi connectivity index (χ4v) is 12.1. The number of hydrogen-bond donors (Lipinski definition) is 1. The monoisotopic (exact) mass is 595 g/mol. The number of ketones is 1. The van der Waals surface area contributed by atoms with Crippen molar-refractivity contribution in [2.45, 2.75) is 151 Å². The highest BCUT2D eigenvalue weighted by Crippen LogP contribution is 2.75. The molecule has 9 atom stereocenters. The zero-order valence-electron chi connectivity index (χ0n) is 28.4. The van der Waals surface area contributed by atoms with Gasteiger partial charge in [0, 0.05) is 24.7 Å². The first kappa shape index (κ1) is 31.1. The number of amides is 1. The van der Waals surface area contributed by atoms with Gasteiger partial charge in [0.1, 0.15) is 18.0 Å². The number of rotatable bonds is 5. The minimum Gasteiger partial charge on any atom is -0.462 e. The van der Waals surface area contributed by atoms with Crippen LogP contribution in [0.15, 0.2) is 11.1 Å². The number of ether oxygens (including phenoxy) is 2. The predicted molar refractivity (Wildman–Crippen MR) is 167 cm³/mol. The highest BCUT2D eigenvalue weighted by Gasteiger charge is 2.69. The Morgan fingerprint density at radius 3 is 2.21 bits per heavy atom. The molecule has 6 heteroatoms. The van der Waals surface area contributed by atoms with Gasteiger partial charge in [-0.25, -0.2) is 4.79 Å². The molecule has 0 saturated heterocycles. The Hall–Kier alpha value is -1.85. The quantitative estimate of drug-likeness (QED) is 0.256. The third-order valence-electron chi connectivity index (χ3n) is 14.5. The molecule has 5 fully saturated rings. The molecule has 0 radical (unpaired) electrons. The van der Waals surface area contributed by atoms with E-state index in [0.29, 0.717) is 24.2 Å². The van der Waals surface area contributed by atoms with Crippen molar-refractivity contribution in [2.24, 2.45) is 51.2 Å². The molecule has 6 rings (SSSR count). The predicted octanol–water partition coefficient (Wildman–Crippen LogP) is 8.18. The summed E-state index contributed by atoms with van der Waals surface area (Å²) in [6.07, 6.45) is 10.4. The second kappa shape index (κ2) is 10.1. The maximum atomic E-state index is 13.8. The molecule has 1 N–H and O–H groups in total. The van der Waals surface area contributed by atoms with E-state index in [1.54, 1.807) is 6.92 Å². The molecule has 6 nitrogen and oxygen atoms in total. The van der Waals surface area contributed by atoms with Gasteiger partial charge in [-0.3, -0.25) is 9.59 Å². The van der Waals surface area contributed by atoms with Crippen LogP contribution in [0.5, 0.6) is 0 Å². The van der Waals surface area contributed by atoms with Crippen molar-refractivity contribution < 1.29 is 23.9 Å². The van der Waals surface area contributed by atoms with Crippen molar-refractivity contribution in [1.82, 2.24) is 5.32 Å². The van der Waals surface area contributed by atoms with Crippen LogP contribution in [-0.4, -0.2) is 35.6 Å². The Morgan fingerprint density at radius 1 is 0.884 bits per heavy atom. The van der Waals surface area contributed by atoms with E-state index in [1.807, 2.05) is 6.92 Å². The van der Waals surface area contributed by atoms with Crippen LogP contribution in [0.2, 0.25) is 0 Å². The number of carbonyl (C=O) groups is 3. The van der Waals surface area contributed by atoms with E-state index >= 15 is 0 Å². The number of hydrogen-bond acceptors (Lipinski definition) is 5. The lowest BCUT2D eigenvalue weighted by Crippen LogP contribution is -2.65. The lowest BCUT2D eigenvalue weighted by molar-refractivity contribution is -0.212. The van der Waals surface area contributed by atoms with E-state index in [9.17, 15) is 14.4 Å². The molecule has 0 spiro atoms. The lowest BCUT2D eigenvalue weighted by atomic mass is 9.34. The van der Waals surface area contributed by atoms with E-state index in [2.05, 4.69) is 53.8 Å². The summed E-state index contributed by atoms with van der Waals surface area (Å²) in [4.78, 5) is 39.2. The smallest absolute Gasteiger partial charge is 0.408 e. The van der Waals surface area contributed by atoms with Crippen molar-refractivity contribution in [3.05, 3.63) is 11.1 Å². The van der Waals surface area contributed by atoms with Crippen LogP contribution in [0, 0.1) is 51.2 Å². The van der Waals surface area contributed by atoms with Gasteiger partial charge < -0.3 is 14.8 Å². The molecular weight excluding hydrogens is 538 g/mol. The Morgan fingerprint density at radius 2 is 1.58 bits per heavy atom. The number of carbonyl (C=O) groups excluding carboxylic acids is 3. The first-order valence-corrected chi connectivity index (χ1v) is 17.4. The number of alkyl carbamates (subject to hydrolysis) is 1. The van der Waals surface area contributed by atoms with Crippen molar-refractivity contribution in [2.75, 3.05) is 0 Å². The highest BCUT2D eigenvalue weighted by atomic mass is 16.6. The van der Waals surface area contributed by atoms with Crippen LogP contribution < -0.4 is 5.32 Å². The summed E-state index contributed by atoms with van der Waals surface area (Å²) in [5, 5.41) is 3.36. The van der Waals surface area contributed by atoms with Crippen LogP contribution in [0.1, 0.15) is 133 Å². The fraction of sp³-hybridized carbons (Fsp3) is 0.865. The largest absolute Gasteiger partial charge is 0.462 e. The third kappa shape index (κ3) is 4.48. The summed E-state index contributed by atoms with van der Waals surface area (Å²) < 4.78 is 11.8. The van der Waals surface area contributed by atoms with Gasteiger partial charge in [-0.1, -0.05) is 54.0 Å². The van der Waals surface area contributed by atoms with Gasteiger partial charge in [0.2, 0.25) is 0 Å². The molecule has 0 aromatic heterocycles. The molecule has 6 aliphatic rings. The van der Waals surface area contributed by atoms with E-state index in [-0.39, 0.29) is 63.5 Å². The molecule has 0 bridgehead atoms. The number of nitrogens with one attached hydrogen (secondary N) is 1.